The molecule has 0 amide bonds. The Morgan fingerprint density at radius 1 is 1.13 bits per heavy atom. The number of carbonyl (C=O) groups is 2. The van der Waals surface area contributed by atoms with Crippen molar-refractivity contribution in [1.29, 1.82) is 0 Å². The zero-order valence-electron chi connectivity index (χ0n) is 16.5. The van der Waals surface area contributed by atoms with E-state index in [0.29, 0.717) is 5.56 Å². The van der Waals surface area contributed by atoms with Crippen molar-refractivity contribution >= 4 is 11.8 Å². The van der Waals surface area contributed by atoms with E-state index in [0.717, 1.165) is 12.1 Å². The van der Waals surface area contributed by atoms with Crippen LogP contribution in [0.4, 0.5) is 13.2 Å². The number of alkyl halides is 3. The van der Waals surface area contributed by atoms with Gasteiger partial charge in [0, 0.05) is 0 Å². The topological polar surface area (TPSA) is 75.6 Å². The van der Waals surface area contributed by atoms with Crippen molar-refractivity contribution < 1.29 is 32.6 Å². The minimum atomic E-state index is -4.50. The van der Waals surface area contributed by atoms with E-state index in [1.165, 1.54) is 26.1 Å². The molecule has 1 unspecified atom stereocenters. The molecule has 0 saturated heterocycles. The largest absolute Gasteiger partial charge is 0.455 e. The third kappa shape index (κ3) is 3.85. The van der Waals surface area contributed by atoms with Crippen molar-refractivity contribution in [2.75, 3.05) is 7.05 Å². The molecule has 160 valence electrons. The molecule has 8 heteroatoms. The highest BCUT2D eigenvalue weighted by Crippen LogP contribution is 2.41. The Hall–Kier alpha value is -2.71. The van der Waals surface area contributed by atoms with Crippen LogP contribution < -0.4 is 5.32 Å². The SMILES string of the molecule is CN[C@@]1(c2ccc(C(F)(F)F)cc2)CCC(OC(=O)c2ccccc2)[C@](C)(O)C1=O. The van der Waals surface area contributed by atoms with Gasteiger partial charge in [-0.1, -0.05) is 30.3 Å². The summed E-state index contributed by atoms with van der Waals surface area (Å²) in [6, 6.07) is 12.4. The van der Waals surface area contributed by atoms with Gasteiger partial charge in [0.25, 0.3) is 0 Å². The third-order valence-electron chi connectivity index (χ3n) is 5.65. The van der Waals surface area contributed by atoms with Crippen molar-refractivity contribution in [3.63, 3.8) is 0 Å². The number of hydrogen-bond acceptors (Lipinski definition) is 5. The number of esters is 1. The van der Waals surface area contributed by atoms with E-state index < -0.39 is 40.7 Å². The summed E-state index contributed by atoms with van der Waals surface area (Å²) < 4.78 is 44.1. The highest BCUT2D eigenvalue weighted by molar-refractivity contribution is 5.98. The molecule has 1 saturated carbocycles. The number of likely N-dealkylation sites (N-methyl/N-ethyl adjacent to an activating group) is 1. The fraction of sp³-hybridized carbons (Fsp3) is 0.364. The number of ketones is 1. The second kappa shape index (κ2) is 7.85. The predicted molar refractivity (Wildman–Crippen MR) is 103 cm³/mol. The molecule has 2 aromatic carbocycles. The molecule has 3 atom stereocenters. The van der Waals surface area contributed by atoms with Crippen LogP contribution >= 0.6 is 0 Å². The molecule has 2 aromatic rings. The van der Waals surface area contributed by atoms with Crippen LogP contribution in [0.5, 0.6) is 0 Å². The molecule has 0 aliphatic heterocycles. The molecule has 0 spiro atoms. The van der Waals surface area contributed by atoms with Gasteiger partial charge in [0.15, 0.2) is 11.4 Å². The van der Waals surface area contributed by atoms with Crippen molar-refractivity contribution in [2.45, 2.75) is 43.2 Å². The van der Waals surface area contributed by atoms with E-state index in [4.69, 9.17) is 4.74 Å². The maximum absolute atomic E-state index is 13.3. The molecule has 3 rings (SSSR count). The van der Waals surface area contributed by atoms with E-state index >= 15 is 0 Å². The highest BCUT2D eigenvalue weighted by Gasteiger charge is 2.56. The van der Waals surface area contributed by atoms with Gasteiger partial charge in [0.05, 0.1) is 11.1 Å². The van der Waals surface area contributed by atoms with Crippen molar-refractivity contribution in [2.24, 2.45) is 0 Å². The number of ether oxygens (including phenoxy) is 1. The Morgan fingerprint density at radius 3 is 2.27 bits per heavy atom. The lowest BCUT2D eigenvalue weighted by molar-refractivity contribution is -0.164. The Labute approximate surface area is 171 Å². The first-order valence-corrected chi connectivity index (χ1v) is 9.42. The lowest BCUT2D eigenvalue weighted by Crippen LogP contribution is -2.65. The fourth-order valence-corrected chi connectivity index (χ4v) is 3.87. The Morgan fingerprint density at radius 2 is 1.73 bits per heavy atom. The summed E-state index contributed by atoms with van der Waals surface area (Å²) in [5.74, 6) is -1.34. The maximum Gasteiger partial charge on any atom is 0.416 e. The lowest BCUT2D eigenvalue weighted by Gasteiger charge is -2.46. The second-order valence-electron chi connectivity index (χ2n) is 7.51. The first-order chi connectivity index (χ1) is 14.0. The molecule has 0 bridgehead atoms. The normalized spacial score (nSPS) is 27.0. The van der Waals surface area contributed by atoms with Gasteiger partial charge in [0.1, 0.15) is 11.6 Å². The van der Waals surface area contributed by atoms with Crippen LogP contribution in [-0.4, -0.2) is 35.6 Å². The molecule has 30 heavy (non-hydrogen) atoms. The summed E-state index contributed by atoms with van der Waals surface area (Å²) >= 11 is 0. The molecule has 5 nitrogen and oxygen atoms in total. The van der Waals surface area contributed by atoms with Gasteiger partial charge < -0.3 is 15.2 Å². The van der Waals surface area contributed by atoms with Crippen LogP contribution in [-0.2, 0) is 21.2 Å². The summed E-state index contributed by atoms with van der Waals surface area (Å²) in [5, 5.41) is 13.8. The van der Waals surface area contributed by atoms with Crippen LogP contribution in [0.25, 0.3) is 0 Å². The molecule has 1 aliphatic carbocycles. The van der Waals surface area contributed by atoms with Crippen LogP contribution in [0.15, 0.2) is 54.6 Å². The van der Waals surface area contributed by atoms with E-state index in [2.05, 4.69) is 5.32 Å². The summed E-state index contributed by atoms with van der Waals surface area (Å²) in [5.41, 5.74) is -3.68. The minimum absolute atomic E-state index is 0.136. The predicted octanol–water partition coefficient (Wildman–Crippen LogP) is 3.46. The van der Waals surface area contributed by atoms with Gasteiger partial charge in [-0.15, -0.1) is 0 Å². The molecular weight excluding hydrogens is 399 g/mol. The smallest absolute Gasteiger partial charge is 0.416 e. The van der Waals surface area contributed by atoms with E-state index in [1.807, 2.05) is 0 Å². The van der Waals surface area contributed by atoms with E-state index in [9.17, 15) is 27.9 Å². The standard InChI is InChI=1S/C22H22F3NO4/c1-20(29)17(30-18(27)14-6-4-3-5-7-14)12-13-21(26-2,19(20)28)15-8-10-16(11-9-15)22(23,24)25/h3-11,17,26,29H,12-13H2,1-2H3/t17?,20-,21+/m0/s1. The number of Topliss-reactive ketones (excluding diaryl/α,β-unsaturated/α-hetero) is 1. The lowest BCUT2D eigenvalue weighted by atomic mass is 9.67. The number of nitrogens with one attached hydrogen (secondary N) is 1. The first-order valence-electron chi connectivity index (χ1n) is 9.42. The summed E-state index contributed by atoms with van der Waals surface area (Å²) in [7, 11) is 1.50. The van der Waals surface area contributed by atoms with Crippen molar-refractivity contribution in [3.05, 3.63) is 71.3 Å². The quantitative estimate of drug-likeness (QED) is 0.740. The maximum atomic E-state index is 13.3. The Bertz CT molecular complexity index is 926. The van der Waals surface area contributed by atoms with Crippen LogP contribution in [0.3, 0.4) is 0 Å². The number of benzene rings is 2. The Kier molecular flexibility index (Phi) is 5.75. The number of hydrogen-bond donors (Lipinski definition) is 2. The zero-order chi connectivity index (χ0) is 22.2. The van der Waals surface area contributed by atoms with Crippen molar-refractivity contribution in [1.82, 2.24) is 5.32 Å². The number of aliphatic hydroxyl groups is 1. The van der Waals surface area contributed by atoms with Gasteiger partial charge in [-0.3, -0.25) is 4.79 Å². The summed E-state index contributed by atoms with van der Waals surface area (Å²) in [4.78, 5) is 25.7. The van der Waals surface area contributed by atoms with Gasteiger partial charge >= 0.3 is 12.1 Å². The minimum Gasteiger partial charge on any atom is -0.455 e. The van der Waals surface area contributed by atoms with E-state index in [-0.39, 0.29) is 18.4 Å². The molecular formula is C22H22F3NO4. The third-order valence-corrected chi connectivity index (χ3v) is 5.65. The molecule has 0 radical (unpaired) electrons. The van der Waals surface area contributed by atoms with Gasteiger partial charge in [-0.05, 0) is 56.6 Å². The summed E-state index contributed by atoms with van der Waals surface area (Å²) in [6.45, 7) is 1.26. The molecule has 1 fully saturated rings. The number of halogens is 3. The van der Waals surface area contributed by atoms with Crippen LogP contribution in [0, 0.1) is 0 Å². The Balaban J connectivity index is 1.87. The monoisotopic (exact) mass is 421 g/mol. The highest BCUT2D eigenvalue weighted by atomic mass is 19.4. The molecule has 0 aromatic heterocycles. The second-order valence-corrected chi connectivity index (χ2v) is 7.51. The van der Waals surface area contributed by atoms with Crippen LogP contribution in [0.2, 0.25) is 0 Å². The molecule has 0 heterocycles. The summed E-state index contributed by atoms with van der Waals surface area (Å²) in [6.07, 6.45) is -5.31. The van der Waals surface area contributed by atoms with Crippen LogP contribution in [0.1, 0.15) is 41.3 Å². The first kappa shape index (κ1) is 22.0. The number of carbonyl (C=O) groups excluding carboxylic acids is 2. The van der Waals surface area contributed by atoms with Gasteiger partial charge in [-0.2, -0.15) is 13.2 Å². The van der Waals surface area contributed by atoms with Gasteiger partial charge in [0.2, 0.25) is 0 Å². The fourth-order valence-electron chi connectivity index (χ4n) is 3.87. The average molecular weight is 421 g/mol. The zero-order valence-corrected chi connectivity index (χ0v) is 16.5. The molecule has 1 aliphatic rings. The van der Waals surface area contributed by atoms with Crippen molar-refractivity contribution in [3.8, 4) is 0 Å². The molecule has 2 N–H and O–H groups in total. The van der Waals surface area contributed by atoms with Gasteiger partial charge in [-0.25, -0.2) is 4.79 Å². The average Bonchev–Trinajstić information content (AvgIpc) is 2.72. The van der Waals surface area contributed by atoms with E-state index in [1.54, 1.807) is 30.3 Å². The number of rotatable bonds is 4.